The number of ether oxygens (including phenoxy) is 3. The smallest absolute Gasteiger partial charge is 0.306 e. The summed E-state index contributed by atoms with van der Waals surface area (Å²) in [6.45, 7) is 6.45. The van der Waals surface area contributed by atoms with Gasteiger partial charge in [0, 0.05) is 19.3 Å². The van der Waals surface area contributed by atoms with Crippen molar-refractivity contribution in [3.63, 3.8) is 0 Å². The summed E-state index contributed by atoms with van der Waals surface area (Å²) in [6, 6.07) is 0. The summed E-state index contributed by atoms with van der Waals surface area (Å²) in [5, 5.41) is 0. The van der Waals surface area contributed by atoms with Gasteiger partial charge in [0.05, 0.1) is 0 Å². The maximum atomic E-state index is 12.7. The lowest BCUT2D eigenvalue weighted by molar-refractivity contribution is -0.167. The molecule has 0 bridgehead atoms. The van der Waals surface area contributed by atoms with E-state index in [0.717, 1.165) is 109 Å². The Bertz CT molecular complexity index is 1140. The number of rotatable bonds is 44. The van der Waals surface area contributed by atoms with Gasteiger partial charge in [0.2, 0.25) is 0 Å². The van der Waals surface area contributed by atoms with Crippen LogP contribution in [0.25, 0.3) is 0 Å². The van der Waals surface area contributed by atoms with Gasteiger partial charge in [0.15, 0.2) is 6.10 Å². The Labute approximate surface area is 370 Å². The average molecular weight is 837 g/mol. The lowest BCUT2D eigenvalue weighted by atomic mass is 10.1. The maximum Gasteiger partial charge on any atom is 0.306 e. The molecule has 6 nitrogen and oxygen atoms in total. The van der Waals surface area contributed by atoms with Crippen molar-refractivity contribution in [1.82, 2.24) is 0 Å². The number of carbonyl (C=O) groups excluding carboxylic acids is 3. The normalized spacial score (nSPS) is 12.7. The van der Waals surface area contributed by atoms with Crippen molar-refractivity contribution in [2.24, 2.45) is 0 Å². The van der Waals surface area contributed by atoms with Crippen molar-refractivity contribution < 1.29 is 28.6 Å². The van der Waals surface area contributed by atoms with Gasteiger partial charge in [-0.15, -0.1) is 0 Å². The van der Waals surface area contributed by atoms with E-state index in [9.17, 15) is 14.4 Å². The maximum absolute atomic E-state index is 12.7. The van der Waals surface area contributed by atoms with Gasteiger partial charge in [-0.05, 0) is 89.9 Å². The molecule has 0 aliphatic heterocycles. The molecule has 0 saturated carbocycles. The van der Waals surface area contributed by atoms with Crippen LogP contribution in [0.3, 0.4) is 0 Å². The number of unbranched alkanes of at least 4 members (excludes halogenated alkanes) is 21. The highest BCUT2D eigenvalue weighted by Gasteiger charge is 2.19. The topological polar surface area (TPSA) is 78.9 Å². The summed E-state index contributed by atoms with van der Waals surface area (Å²) >= 11 is 0. The molecule has 0 radical (unpaired) electrons. The van der Waals surface area contributed by atoms with Crippen LogP contribution in [0.4, 0.5) is 0 Å². The Morgan fingerprint density at radius 1 is 0.350 bits per heavy atom. The lowest BCUT2D eigenvalue weighted by Gasteiger charge is -2.18. The van der Waals surface area contributed by atoms with E-state index in [0.29, 0.717) is 19.3 Å². The van der Waals surface area contributed by atoms with Crippen LogP contribution in [0.5, 0.6) is 0 Å². The van der Waals surface area contributed by atoms with Crippen LogP contribution < -0.4 is 0 Å². The molecular formula is C54H92O6. The molecule has 344 valence electrons. The molecule has 0 saturated heterocycles. The first kappa shape index (κ1) is 56.9. The van der Waals surface area contributed by atoms with E-state index in [4.69, 9.17) is 14.2 Å². The minimum absolute atomic E-state index is 0.0883. The summed E-state index contributed by atoms with van der Waals surface area (Å²) in [5.41, 5.74) is 0. The first-order chi connectivity index (χ1) is 29.5. The van der Waals surface area contributed by atoms with Crippen molar-refractivity contribution in [2.75, 3.05) is 13.2 Å². The molecule has 60 heavy (non-hydrogen) atoms. The Morgan fingerprint density at radius 2 is 0.650 bits per heavy atom. The molecule has 0 aromatic carbocycles. The highest BCUT2D eigenvalue weighted by Crippen LogP contribution is 2.14. The molecule has 6 heteroatoms. The van der Waals surface area contributed by atoms with E-state index in [1.807, 2.05) is 0 Å². The second kappa shape index (κ2) is 48.5. The Balaban J connectivity index is 4.42. The van der Waals surface area contributed by atoms with E-state index < -0.39 is 6.10 Å². The van der Waals surface area contributed by atoms with Crippen LogP contribution in [0, 0.1) is 0 Å². The van der Waals surface area contributed by atoms with Crippen molar-refractivity contribution in [3.05, 3.63) is 72.9 Å². The van der Waals surface area contributed by atoms with Crippen molar-refractivity contribution in [2.45, 2.75) is 239 Å². The molecule has 0 spiro atoms. The van der Waals surface area contributed by atoms with E-state index in [1.165, 1.54) is 83.5 Å². The molecule has 1 atom stereocenters. The summed E-state index contributed by atoms with van der Waals surface area (Å²) in [4.78, 5) is 37.8. The second-order valence-electron chi connectivity index (χ2n) is 16.3. The predicted octanol–water partition coefficient (Wildman–Crippen LogP) is 16.3. The zero-order valence-electron chi connectivity index (χ0n) is 39.2. The first-order valence-electron chi connectivity index (χ1n) is 24.9. The zero-order valence-corrected chi connectivity index (χ0v) is 39.2. The van der Waals surface area contributed by atoms with Crippen LogP contribution in [0.2, 0.25) is 0 Å². The predicted molar refractivity (Wildman–Crippen MR) is 256 cm³/mol. The quantitative estimate of drug-likeness (QED) is 0.0263. The molecule has 0 N–H and O–H groups in total. The Hall–Kier alpha value is -3.15. The molecule has 0 amide bonds. The van der Waals surface area contributed by atoms with Gasteiger partial charge < -0.3 is 14.2 Å². The fourth-order valence-corrected chi connectivity index (χ4v) is 6.70. The van der Waals surface area contributed by atoms with Gasteiger partial charge in [0.25, 0.3) is 0 Å². The van der Waals surface area contributed by atoms with Gasteiger partial charge in [-0.1, -0.05) is 196 Å². The summed E-state index contributed by atoms with van der Waals surface area (Å²) in [6.07, 6.45) is 60.2. The summed E-state index contributed by atoms with van der Waals surface area (Å²) < 4.78 is 16.7. The third-order valence-electron chi connectivity index (χ3n) is 10.4. The van der Waals surface area contributed by atoms with Crippen molar-refractivity contribution >= 4 is 17.9 Å². The molecule has 0 aromatic rings. The molecule has 0 rings (SSSR count). The summed E-state index contributed by atoms with van der Waals surface area (Å²) in [7, 11) is 0. The number of hydrogen-bond donors (Lipinski definition) is 0. The largest absolute Gasteiger partial charge is 0.462 e. The summed E-state index contributed by atoms with van der Waals surface area (Å²) in [5.74, 6) is -0.933. The molecule has 0 aliphatic rings. The zero-order chi connectivity index (χ0) is 43.7. The number of esters is 3. The van der Waals surface area contributed by atoms with Crippen molar-refractivity contribution in [3.8, 4) is 0 Å². The van der Waals surface area contributed by atoms with Gasteiger partial charge >= 0.3 is 17.9 Å². The highest BCUT2D eigenvalue weighted by molar-refractivity contribution is 5.71. The molecule has 0 aliphatic carbocycles. The van der Waals surface area contributed by atoms with E-state index in [1.54, 1.807) is 0 Å². The monoisotopic (exact) mass is 837 g/mol. The molecule has 0 heterocycles. The average Bonchev–Trinajstić information content (AvgIpc) is 3.24. The number of hydrogen-bond acceptors (Lipinski definition) is 6. The SMILES string of the molecule is CC/C=C\C/C=C\C/C=C\C/C=C\C/C=C\CCCCCC(=O)OC[C@@H](COC(=O)CCCCCCCCCCCC)OC(=O)CCCCCCC/C=C\CCCCCC. The molecule has 0 fully saturated rings. The Kier molecular flexibility index (Phi) is 46.0. The minimum Gasteiger partial charge on any atom is -0.462 e. The van der Waals surface area contributed by atoms with E-state index in [2.05, 4.69) is 93.7 Å². The number of carbonyl (C=O) groups is 3. The fraction of sp³-hybridized carbons (Fsp3) is 0.722. The molecular weight excluding hydrogens is 745 g/mol. The Morgan fingerprint density at radius 3 is 1.07 bits per heavy atom. The third kappa shape index (κ3) is 45.9. The van der Waals surface area contributed by atoms with Crippen molar-refractivity contribution in [1.29, 1.82) is 0 Å². The lowest BCUT2D eigenvalue weighted by Crippen LogP contribution is -2.30. The van der Waals surface area contributed by atoms with E-state index in [-0.39, 0.29) is 31.1 Å². The second-order valence-corrected chi connectivity index (χ2v) is 16.3. The fourth-order valence-electron chi connectivity index (χ4n) is 6.70. The van der Waals surface area contributed by atoms with Gasteiger partial charge in [0.1, 0.15) is 13.2 Å². The first-order valence-corrected chi connectivity index (χ1v) is 24.9. The van der Waals surface area contributed by atoms with E-state index >= 15 is 0 Å². The van der Waals surface area contributed by atoms with Gasteiger partial charge in [-0.25, -0.2) is 0 Å². The van der Waals surface area contributed by atoms with Crippen LogP contribution in [-0.2, 0) is 28.6 Å². The third-order valence-corrected chi connectivity index (χ3v) is 10.4. The molecule has 0 unspecified atom stereocenters. The van der Waals surface area contributed by atoms with Crippen LogP contribution >= 0.6 is 0 Å². The minimum atomic E-state index is -0.790. The van der Waals surface area contributed by atoms with Crippen LogP contribution in [-0.4, -0.2) is 37.2 Å². The number of allylic oxidation sites excluding steroid dienone is 12. The van der Waals surface area contributed by atoms with Crippen LogP contribution in [0.1, 0.15) is 233 Å². The highest BCUT2D eigenvalue weighted by atomic mass is 16.6. The molecule has 0 aromatic heterocycles. The van der Waals surface area contributed by atoms with Gasteiger partial charge in [-0.2, -0.15) is 0 Å². The van der Waals surface area contributed by atoms with Gasteiger partial charge in [-0.3, -0.25) is 14.4 Å². The van der Waals surface area contributed by atoms with Crippen LogP contribution in [0.15, 0.2) is 72.9 Å². The standard InChI is InChI=1S/C54H92O6/c1-4-7-10-13-16-19-22-24-25-26-27-28-29-31-32-35-38-41-44-47-53(56)59-50-51(49-58-52(55)46-43-40-37-34-21-18-15-12-9-6-3)60-54(57)48-45-42-39-36-33-30-23-20-17-14-11-8-5-2/h7,10,16,19-20,23-25,27-28,31-32,51H,4-6,8-9,11-15,17-18,21-22,26,29-30,33-50H2,1-3H3/b10-7-,19-16-,23-20-,25-24-,28-27-,32-31-/t51-/m1/s1.